The molecule has 2 aliphatic rings. The van der Waals surface area contributed by atoms with Gasteiger partial charge in [0.25, 0.3) is 11.8 Å². The quantitative estimate of drug-likeness (QED) is 0.628. The van der Waals surface area contributed by atoms with Gasteiger partial charge in [-0.05, 0) is 42.3 Å². The number of carbonyl (C=O) groups is 3. The van der Waals surface area contributed by atoms with Crippen LogP contribution in [0, 0.1) is 6.92 Å². The Balaban J connectivity index is 1.65. The van der Waals surface area contributed by atoms with Crippen molar-refractivity contribution in [1.29, 1.82) is 0 Å². The fourth-order valence-electron chi connectivity index (χ4n) is 4.91. The maximum absolute atomic E-state index is 14.1. The third kappa shape index (κ3) is 3.32. The number of para-hydroxylation sites is 1. The predicted octanol–water partition coefficient (Wildman–Crippen LogP) is 4.12. The van der Waals surface area contributed by atoms with Crippen LogP contribution in [0.4, 0.5) is 11.4 Å². The molecule has 5 rings (SSSR count). The van der Waals surface area contributed by atoms with Crippen molar-refractivity contribution in [2.45, 2.75) is 32.0 Å². The van der Waals surface area contributed by atoms with Crippen LogP contribution in [-0.2, 0) is 16.1 Å². The highest BCUT2D eigenvalue weighted by Crippen LogP contribution is 2.46. The number of benzene rings is 3. The monoisotopic (exact) mass is 455 g/mol. The summed E-state index contributed by atoms with van der Waals surface area (Å²) in [4.78, 5) is 44.1. The number of hydrogen-bond donors (Lipinski definition) is 1. The lowest BCUT2D eigenvalue weighted by Crippen LogP contribution is -2.69. The molecule has 3 amide bonds. The molecule has 0 spiro atoms. The molecule has 0 aliphatic carbocycles. The first kappa shape index (κ1) is 21.7. The third-order valence-electron chi connectivity index (χ3n) is 6.52. The summed E-state index contributed by atoms with van der Waals surface area (Å²) in [5.41, 5.74) is 1.68. The van der Waals surface area contributed by atoms with E-state index in [1.165, 1.54) is 16.9 Å². The van der Waals surface area contributed by atoms with Gasteiger partial charge >= 0.3 is 0 Å². The molecule has 34 heavy (non-hydrogen) atoms. The van der Waals surface area contributed by atoms with Crippen LogP contribution in [0.15, 0.2) is 72.8 Å². The normalized spacial score (nSPS) is 19.0. The Morgan fingerprint density at radius 3 is 2.53 bits per heavy atom. The standard InChI is InChI=1S/C27H25N3O4/c1-18-12-13-23(34-2)21(16-18)28-26(33)27-15-14-24(31)30(27)22-11-7-6-10-20(22)25(32)29(27)17-19-8-4-3-5-9-19/h3-13,16H,14-15,17H2,1-2H3,(H,28,33)/t27-/m1/s1. The van der Waals surface area contributed by atoms with Crippen LogP contribution in [0.3, 0.4) is 0 Å². The number of fused-ring (bicyclic) bond motifs is 3. The smallest absolute Gasteiger partial charge is 0.271 e. The van der Waals surface area contributed by atoms with Gasteiger partial charge in [-0.3, -0.25) is 19.3 Å². The number of nitrogens with zero attached hydrogens (tertiary/aromatic N) is 2. The second-order valence-corrected chi connectivity index (χ2v) is 8.60. The summed E-state index contributed by atoms with van der Waals surface area (Å²) in [6, 6.07) is 21.9. The topological polar surface area (TPSA) is 79.0 Å². The van der Waals surface area contributed by atoms with Crippen molar-refractivity contribution < 1.29 is 19.1 Å². The van der Waals surface area contributed by atoms with Crippen LogP contribution in [0.1, 0.15) is 34.3 Å². The molecule has 0 saturated carbocycles. The maximum Gasteiger partial charge on any atom is 0.271 e. The van der Waals surface area contributed by atoms with E-state index in [1.807, 2.05) is 49.4 Å². The molecular formula is C27H25N3O4. The predicted molar refractivity (Wildman–Crippen MR) is 129 cm³/mol. The Kier molecular flexibility index (Phi) is 5.32. The molecule has 0 radical (unpaired) electrons. The average molecular weight is 456 g/mol. The van der Waals surface area contributed by atoms with Gasteiger partial charge in [-0.25, -0.2) is 0 Å². The summed E-state index contributed by atoms with van der Waals surface area (Å²) in [7, 11) is 1.53. The number of amides is 3. The lowest BCUT2D eigenvalue weighted by atomic mass is 9.94. The Morgan fingerprint density at radius 1 is 1.03 bits per heavy atom. The number of nitrogens with one attached hydrogen (secondary N) is 1. The molecule has 7 nitrogen and oxygen atoms in total. The number of methoxy groups -OCH3 is 1. The van der Waals surface area contributed by atoms with Gasteiger partial charge < -0.3 is 15.0 Å². The summed E-state index contributed by atoms with van der Waals surface area (Å²) in [6.07, 6.45) is 0.351. The van der Waals surface area contributed by atoms with Gasteiger partial charge in [0, 0.05) is 19.4 Å². The molecular weight excluding hydrogens is 430 g/mol. The van der Waals surface area contributed by atoms with Crippen molar-refractivity contribution in [1.82, 2.24) is 4.90 Å². The third-order valence-corrected chi connectivity index (χ3v) is 6.52. The molecule has 1 N–H and O–H groups in total. The highest BCUT2D eigenvalue weighted by atomic mass is 16.5. The molecule has 172 valence electrons. The van der Waals surface area contributed by atoms with E-state index in [2.05, 4.69) is 5.32 Å². The molecule has 1 fully saturated rings. The zero-order chi connectivity index (χ0) is 23.9. The van der Waals surface area contributed by atoms with Gasteiger partial charge in [0.05, 0.1) is 24.0 Å². The van der Waals surface area contributed by atoms with Crippen molar-refractivity contribution in [3.05, 3.63) is 89.5 Å². The second-order valence-electron chi connectivity index (χ2n) is 8.60. The van der Waals surface area contributed by atoms with Crippen LogP contribution in [-0.4, -0.2) is 35.4 Å². The fourth-order valence-corrected chi connectivity index (χ4v) is 4.91. The molecule has 0 aromatic heterocycles. The van der Waals surface area contributed by atoms with Gasteiger partial charge in [0.1, 0.15) is 5.75 Å². The molecule has 7 heteroatoms. The molecule has 3 aromatic carbocycles. The Morgan fingerprint density at radius 2 is 1.76 bits per heavy atom. The van der Waals surface area contributed by atoms with Crippen molar-refractivity contribution in [3.63, 3.8) is 0 Å². The fraction of sp³-hybridized carbons (Fsp3) is 0.222. The van der Waals surface area contributed by atoms with Gasteiger partial charge in [-0.1, -0.05) is 48.5 Å². The minimum atomic E-state index is -1.49. The van der Waals surface area contributed by atoms with E-state index >= 15 is 0 Å². The first-order valence-corrected chi connectivity index (χ1v) is 11.2. The van der Waals surface area contributed by atoms with Crippen LogP contribution in [0.2, 0.25) is 0 Å². The highest BCUT2D eigenvalue weighted by molar-refractivity contribution is 6.18. The Hall–Kier alpha value is -4.13. The summed E-state index contributed by atoms with van der Waals surface area (Å²) in [5.74, 6) is -0.412. The summed E-state index contributed by atoms with van der Waals surface area (Å²) in [5, 5.41) is 2.97. The molecule has 1 atom stereocenters. The molecule has 2 heterocycles. The first-order chi connectivity index (χ1) is 16.5. The maximum atomic E-state index is 14.1. The minimum absolute atomic E-state index is 0.158. The molecule has 0 bridgehead atoms. The van der Waals surface area contributed by atoms with Crippen molar-refractivity contribution in [2.24, 2.45) is 0 Å². The molecule has 0 unspecified atom stereocenters. The molecule has 2 aliphatic heterocycles. The number of ether oxygens (including phenoxy) is 1. The van der Waals surface area contributed by atoms with E-state index < -0.39 is 11.6 Å². The Bertz CT molecular complexity index is 1290. The van der Waals surface area contributed by atoms with E-state index in [4.69, 9.17) is 4.74 Å². The summed E-state index contributed by atoms with van der Waals surface area (Å²) < 4.78 is 5.44. The summed E-state index contributed by atoms with van der Waals surface area (Å²) in [6.45, 7) is 2.11. The lowest BCUT2D eigenvalue weighted by Gasteiger charge is -2.49. The van der Waals surface area contributed by atoms with Gasteiger partial charge in [-0.2, -0.15) is 0 Å². The summed E-state index contributed by atoms with van der Waals surface area (Å²) >= 11 is 0. The number of carbonyl (C=O) groups excluding carboxylic acids is 3. The minimum Gasteiger partial charge on any atom is -0.495 e. The zero-order valence-corrected chi connectivity index (χ0v) is 19.1. The largest absolute Gasteiger partial charge is 0.495 e. The van der Waals surface area contributed by atoms with Crippen molar-refractivity contribution in [3.8, 4) is 5.75 Å². The lowest BCUT2D eigenvalue weighted by molar-refractivity contribution is -0.129. The number of aryl methyl sites for hydroxylation is 1. The van der Waals surface area contributed by atoms with E-state index in [1.54, 1.807) is 30.3 Å². The number of anilines is 2. The van der Waals surface area contributed by atoms with E-state index in [-0.39, 0.29) is 31.2 Å². The number of rotatable bonds is 5. The Labute approximate surface area is 197 Å². The SMILES string of the molecule is COc1ccc(C)cc1NC(=O)[C@@]12CCC(=O)N1c1ccccc1C(=O)N2Cc1ccccc1. The van der Waals surface area contributed by atoms with Crippen LogP contribution >= 0.6 is 0 Å². The number of hydrogen-bond acceptors (Lipinski definition) is 4. The van der Waals surface area contributed by atoms with Crippen molar-refractivity contribution in [2.75, 3.05) is 17.3 Å². The van der Waals surface area contributed by atoms with Gasteiger partial charge in [-0.15, -0.1) is 0 Å². The van der Waals surface area contributed by atoms with Gasteiger partial charge in [0.2, 0.25) is 11.6 Å². The van der Waals surface area contributed by atoms with Crippen molar-refractivity contribution >= 4 is 29.1 Å². The first-order valence-electron chi connectivity index (χ1n) is 11.2. The average Bonchev–Trinajstić information content (AvgIpc) is 3.21. The molecule has 1 saturated heterocycles. The van der Waals surface area contributed by atoms with E-state index in [0.29, 0.717) is 22.7 Å². The molecule has 3 aromatic rings. The zero-order valence-electron chi connectivity index (χ0n) is 19.1. The highest BCUT2D eigenvalue weighted by Gasteiger charge is 2.60. The van der Waals surface area contributed by atoms with Crippen LogP contribution < -0.4 is 15.0 Å². The van der Waals surface area contributed by atoms with Crippen LogP contribution in [0.5, 0.6) is 5.75 Å². The van der Waals surface area contributed by atoms with Gasteiger partial charge in [0.15, 0.2) is 0 Å². The van der Waals surface area contributed by atoms with E-state index in [0.717, 1.165) is 11.1 Å². The second kappa shape index (κ2) is 8.33. The van der Waals surface area contributed by atoms with Crippen LogP contribution in [0.25, 0.3) is 0 Å². The van der Waals surface area contributed by atoms with E-state index in [9.17, 15) is 14.4 Å².